The quantitative estimate of drug-likeness (QED) is 0.755. The third-order valence-corrected chi connectivity index (χ3v) is 3.51. The molecule has 0 aliphatic carbocycles. The number of halogens is 2. The largest absolute Gasteiger partial charge is 0.469 e. The van der Waals surface area contributed by atoms with Crippen LogP contribution < -0.4 is 5.32 Å². The van der Waals surface area contributed by atoms with E-state index in [-0.39, 0.29) is 5.91 Å². The summed E-state index contributed by atoms with van der Waals surface area (Å²) in [7, 11) is 0. The van der Waals surface area contributed by atoms with Crippen LogP contribution in [0.3, 0.4) is 0 Å². The normalized spacial score (nSPS) is 10.6. The van der Waals surface area contributed by atoms with Gasteiger partial charge < -0.3 is 9.73 Å². The molecule has 0 bridgehead atoms. The van der Waals surface area contributed by atoms with Gasteiger partial charge in [0, 0.05) is 11.3 Å². The van der Waals surface area contributed by atoms with Gasteiger partial charge in [-0.3, -0.25) is 4.79 Å². The van der Waals surface area contributed by atoms with Crippen molar-refractivity contribution in [1.29, 1.82) is 0 Å². The molecule has 0 spiro atoms. The summed E-state index contributed by atoms with van der Waals surface area (Å²) in [6, 6.07) is 12.1. The van der Waals surface area contributed by atoms with E-state index in [9.17, 15) is 13.6 Å². The second kappa shape index (κ2) is 6.04. The molecule has 3 nitrogen and oxygen atoms in total. The Balaban J connectivity index is 1.96. The van der Waals surface area contributed by atoms with Gasteiger partial charge in [-0.1, -0.05) is 24.3 Å². The molecule has 23 heavy (non-hydrogen) atoms. The van der Waals surface area contributed by atoms with Gasteiger partial charge in [0.15, 0.2) is 11.6 Å². The standard InChI is InChI=1S/C18H13F2NO2/c1-11-13(8-9-23-11)18(22)21-17-5-3-2-4-14(17)12-6-7-15(19)16(20)10-12/h2-10H,1H3,(H,21,22). The first-order valence-electron chi connectivity index (χ1n) is 6.96. The molecule has 0 aliphatic heterocycles. The second-order valence-corrected chi connectivity index (χ2v) is 5.02. The average Bonchev–Trinajstić information content (AvgIpc) is 2.97. The van der Waals surface area contributed by atoms with E-state index in [0.717, 1.165) is 12.1 Å². The summed E-state index contributed by atoms with van der Waals surface area (Å²) in [4.78, 5) is 12.3. The lowest BCUT2D eigenvalue weighted by Gasteiger charge is -2.11. The molecule has 1 N–H and O–H groups in total. The van der Waals surface area contributed by atoms with Crippen LogP contribution in [0.1, 0.15) is 16.1 Å². The number of aryl methyl sites for hydroxylation is 1. The van der Waals surface area contributed by atoms with E-state index in [2.05, 4.69) is 5.32 Å². The molecule has 0 aliphatic rings. The van der Waals surface area contributed by atoms with Crippen molar-refractivity contribution in [2.45, 2.75) is 6.92 Å². The molecule has 1 amide bonds. The molecule has 0 saturated carbocycles. The van der Waals surface area contributed by atoms with Crippen molar-refractivity contribution in [2.24, 2.45) is 0 Å². The number of amides is 1. The average molecular weight is 313 g/mol. The summed E-state index contributed by atoms with van der Waals surface area (Å²) in [5.74, 6) is -1.67. The minimum absolute atomic E-state index is 0.328. The van der Waals surface area contributed by atoms with E-state index < -0.39 is 11.6 Å². The van der Waals surface area contributed by atoms with Gasteiger partial charge in [-0.25, -0.2) is 8.78 Å². The number of furan rings is 1. The summed E-state index contributed by atoms with van der Waals surface area (Å²) in [5.41, 5.74) is 2.00. The maximum absolute atomic E-state index is 13.5. The zero-order valence-corrected chi connectivity index (χ0v) is 12.3. The Morgan fingerprint density at radius 3 is 2.52 bits per heavy atom. The maximum atomic E-state index is 13.5. The zero-order valence-electron chi connectivity index (χ0n) is 12.3. The van der Waals surface area contributed by atoms with Crippen LogP contribution in [0.4, 0.5) is 14.5 Å². The molecular weight excluding hydrogens is 300 g/mol. The van der Waals surface area contributed by atoms with Gasteiger partial charge in [0.25, 0.3) is 5.91 Å². The van der Waals surface area contributed by atoms with Crippen LogP contribution in [0.5, 0.6) is 0 Å². The van der Waals surface area contributed by atoms with Crippen LogP contribution in [0, 0.1) is 18.6 Å². The third kappa shape index (κ3) is 2.99. The molecule has 0 radical (unpaired) electrons. The highest BCUT2D eigenvalue weighted by Crippen LogP contribution is 2.29. The van der Waals surface area contributed by atoms with Crippen molar-refractivity contribution in [3.8, 4) is 11.1 Å². The van der Waals surface area contributed by atoms with Crippen LogP contribution in [-0.2, 0) is 0 Å². The van der Waals surface area contributed by atoms with Crippen molar-refractivity contribution in [3.63, 3.8) is 0 Å². The van der Waals surface area contributed by atoms with Crippen LogP contribution >= 0.6 is 0 Å². The van der Waals surface area contributed by atoms with Crippen LogP contribution in [0.2, 0.25) is 0 Å². The highest BCUT2D eigenvalue weighted by molar-refractivity contribution is 6.06. The van der Waals surface area contributed by atoms with Gasteiger partial charge in [0.2, 0.25) is 0 Å². The number of benzene rings is 2. The molecule has 1 aromatic heterocycles. The Morgan fingerprint density at radius 1 is 1.04 bits per heavy atom. The Labute approximate surface area is 131 Å². The number of nitrogens with one attached hydrogen (secondary N) is 1. The number of anilines is 1. The predicted octanol–water partition coefficient (Wildman–Crippen LogP) is 4.79. The van der Waals surface area contributed by atoms with E-state index in [0.29, 0.717) is 28.1 Å². The van der Waals surface area contributed by atoms with Crippen molar-refractivity contribution >= 4 is 11.6 Å². The molecule has 2 aromatic carbocycles. The number of carbonyl (C=O) groups is 1. The molecule has 0 unspecified atom stereocenters. The third-order valence-electron chi connectivity index (χ3n) is 3.51. The number of carbonyl (C=O) groups excluding carboxylic acids is 1. The predicted molar refractivity (Wildman–Crippen MR) is 83.2 cm³/mol. The van der Waals surface area contributed by atoms with Gasteiger partial charge in [-0.2, -0.15) is 0 Å². The van der Waals surface area contributed by atoms with Gasteiger partial charge in [-0.05, 0) is 36.8 Å². The van der Waals surface area contributed by atoms with E-state index in [4.69, 9.17) is 4.42 Å². The van der Waals surface area contributed by atoms with Gasteiger partial charge >= 0.3 is 0 Å². The first-order chi connectivity index (χ1) is 11.1. The molecule has 3 rings (SSSR count). The minimum Gasteiger partial charge on any atom is -0.469 e. The molecular formula is C18H13F2NO2. The summed E-state index contributed by atoms with van der Waals surface area (Å²) in [6.07, 6.45) is 1.44. The monoisotopic (exact) mass is 313 g/mol. The lowest BCUT2D eigenvalue weighted by Crippen LogP contribution is -2.12. The lowest BCUT2D eigenvalue weighted by molar-refractivity contribution is 0.102. The van der Waals surface area contributed by atoms with Gasteiger partial charge in [0.1, 0.15) is 5.76 Å². The smallest absolute Gasteiger partial charge is 0.259 e. The number of rotatable bonds is 3. The Bertz CT molecular complexity index is 871. The first-order valence-corrected chi connectivity index (χ1v) is 6.96. The lowest BCUT2D eigenvalue weighted by atomic mass is 10.0. The fraction of sp³-hybridized carbons (Fsp3) is 0.0556. The molecule has 116 valence electrons. The molecule has 3 aromatic rings. The van der Waals surface area contributed by atoms with E-state index in [1.807, 2.05) is 0 Å². The van der Waals surface area contributed by atoms with Gasteiger partial charge in [0.05, 0.1) is 11.8 Å². The summed E-state index contributed by atoms with van der Waals surface area (Å²) in [6.45, 7) is 1.69. The fourth-order valence-electron chi connectivity index (χ4n) is 2.32. The van der Waals surface area contributed by atoms with Crippen molar-refractivity contribution in [2.75, 3.05) is 5.32 Å². The summed E-state index contributed by atoms with van der Waals surface area (Å²) < 4.78 is 31.7. The summed E-state index contributed by atoms with van der Waals surface area (Å²) >= 11 is 0. The van der Waals surface area contributed by atoms with E-state index in [1.54, 1.807) is 37.3 Å². The van der Waals surface area contributed by atoms with Gasteiger partial charge in [-0.15, -0.1) is 0 Å². The Morgan fingerprint density at radius 2 is 1.83 bits per heavy atom. The SMILES string of the molecule is Cc1occc1C(=O)Nc1ccccc1-c1ccc(F)c(F)c1. The Hall–Kier alpha value is -2.95. The van der Waals surface area contributed by atoms with E-state index in [1.165, 1.54) is 12.3 Å². The molecule has 1 heterocycles. The highest BCUT2D eigenvalue weighted by Gasteiger charge is 2.14. The first kappa shape index (κ1) is 15.0. The fourth-order valence-corrected chi connectivity index (χ4v) is 2.32. The highest BCUT2D eigenvalue weighted by atomic mass is 19.2. The second-order valence-electron chi connectivity index (χ2n) is 5.02. The number of hydrogen-bond donors (Lipinski definition) is 1. The molecule has 5 heteroatoms. The zero-order chi connectivity index (χ0) is 16.4. The van der Waals surface area contributed by atoms with Crippen LogP contribution in [-0.4, -0.2) is 5.91 Å². The molecule has 0 fully saturated rings. The number of hydrogen-bond acceptors (Lipinski definition) is 2. The topological polar surface area (TPSA) is 42.2 Å². The maximum Gasteiger partial charge on any atom is 0.259 e. The van der Waals surface area contributed by atoms with Crippen LogP contribution in [0.15, 0.2) is 59.2 Å². The molecule has 0 atom stereocenters. The van der Waals surface area contributed by atoms with Crippen molar-refractivity contribution < 1.29 is 18.0 Å². The van der Waals surface area contributed by atoms with Crippen LogP contribution in [0.25, 0.3) is 11.1 Å². The van der Waals surface area contributed by atoms with E-state index >= 15 is 0 Å². The Kier molecular flexibility index (Phi) is 3.93. The minimum atomic E-state index is -0.936. The number of para-hydroxylation sites is 1. The summed E-state index contributed by atoms with van der Waals surface area (Å²) in [5, 5.41) is 2.77. The molecule has 0 saturated heterocycles. The van der Waals surface area contributed by atoms with Crippen molar-refractivity contribution in [1.82, 2.24) is 0 Å². The van der Waals surface area contributed by atoms with Crippen molar-refractivity contribution in [3.05, 3.63) is 77.8 Å².